The molecule has 0 saturated carbocycles. The molecule has 2 aromatic carbocycles. The number of aliphatic imine (C=N–C) groups is 1. The number of amides is 2. The van der Waals surface area contributed by atoms with E-state index in [0.717, 1.165) is 0 Å². The summed E-state index contributed by atoms with van der Waals surface area (Å²) in [5, 5.41) is 5.02. The average Bonchev–Trinajstić information content (AvgIpc) is 2.67. The van der Waals surface area contributed by atoms with Gasteiger partial charge in [0, 0.05) is 17.2 Å². The van der Waals surface area contributed by atoms with Crippen LogP contribution in [0.5, 0.6) is 11.5 Å². The predicted molar refractivity (Wildman–Crippen MR) is 96.3 cm³/mol. The van der Waals surface area contributed by atoms with Crippen LogP contribution in [-0.2, 0) is 4.79 Å². The molecule has 1 aliphatic rings. The van der Waals surface area contributed by atoms with Crippen molar-refractivity contribution in [2.45, 2.75) is 12.5 Å². The van der Waals surface area contributed by atoms with Gasteiger partial charge in [-0.05, 0) is 18.2 Å². The lowest BCUT2D eigenvalue weighted by Gasteiger charge is -2.21. The largest absolute Gasteiger partial charge is 0.497 e. The second-order valence-corrected chi connectivity index (χ2v) is 5.82. The summed E-state index contributed by atoms with van der Waals surface area (Å²) in [5.74, 6) is -0.482. The first kappa shape index (κ1) is 18.4. The molecule has 7 nitrogen and oxygen atoms in total. The van der Waals surface area contributed by atoms with Crippen LogP contribution in [0.3, 0.4) is 0 Å². The van der Waals surface area contributed by atoms with E-state index in [9.17, 15) is 14.0 Å². The highest BCUT2D eigenvalue weighted by atomic mass is 19.1. The zero-order valence-electron chi connectivity index (χ0n) is 14.8. The summed E-state index contributed by atoms with van der Waals surface area (Å²) >= 11 is 0. The highest BCUT2D eigenvalue weighted by Gasteiger charge is 2.25. The topological polar surface area (TPSA) is 89.0 Å². The fourth-order valence-electron chi connectivity index (χ4n) is 2.70. The Morgan fingerprint density at radius 2 is 1.85 bits per heavy atom. The molecule has 0 unspecified atom stereocenters. The van der Waals surface area contributed by atoms with Crippen LogP contribution < -0.4 is 20.1 Å². The summed E-state index contributed by atoms with van der Waals surface area (Å²) in [4.78, 5) is 28.8. The van der Waals surface area contributed by atoms with E-state index >= 15 is 0 Å². The molecule has 2 N–H and O–H groups in total. The molecule has 1 heterocycles. The van der Waals surface area contributed by atoms with Crippen molar-refractivity contribution < 1.29 is 23.5 Å². The third-order valence-electron chi connectivity index (χ3n) is 4.03. The molecule has 0 fully saturated rings. The second-order valence-electron chi connectivity index (χ2n) is 5.82. The van der Waals surface area contributed by atoms with Gasteiger partial charge in [-0.25, -0.2) is 9.38 Å². The van der Waals surface area contributed by atoms with Gasteiger partial charge >= 0.3 is 0 Å². The first-order chi connectivity index (χ1) is 13.0. The number of nitrogens with one attached hydrogen (secondary N) is 2. The van der Waals surface area contributed by atoms with E-state index < -0.39 is 17.8 Å². The Morgan fingerprint density at radius 3 is 2.48 bits per heavy atom. The molecule has 140 valence electrons. The molecule has 0 radical (unpaired) electrons. The van der Waals surface area contributed by atoms with Crippen molar-refractivity contribution in [2.24, 2.45) is 4.99 Å². The SMILES string of the molecule is COc1cc(OC)cc(C(=O)NC2=N[C@H](c3ccccc3F)CC(=O)N2)c1. The molecule has 0 spiro atoms. The van der Waals surface area contributed by atoms with Gasteiger partial charge in [-0.3, -0.25) is 20.2 Å². The van der Waals surface area contributed by atoms with Gasteiger partial charge in [0.15, 0.2) is 0 Å². The molecule has 1 aliphatic heterocycles. The Hall–Kier alpha value is -3.42. The normalized spacial score (nSPS) is 16.2. The standard InChI is InChI=1S/C19H18FN3O4/c1-26-12-7-11(8-13(9-12)27-2)18(25)23-19-21-16(10-17(24)22-19)14-5-3-4-6-15(14)20/h3-9,16H,10H2,1-2H3,(H2,21,22,23,24,25)/t16-/m0/s1. The Balaban J connectivity index is 1.84. The molecule has 1 atom stereocenters. The van der Waals surface area contributed by atoms with Crippen molar-refractivity contribution in [1.82, 2.24) is 10.6 Å². The Kier molecular flexibility index (Phi) is 5.35. The third-order valence-corrected chi connectivity index (χ3v) is 4.03. The Bertz CT molecular complexity index is 891. The summed E-state index contributed by atoms with van der Waals surface area (Å²) in [6.07, 6.45) is -0.00666. The minimum atomic E-state index is -0.713. The Morgan fingerprint density at radius 1 is 1.19 bits per heavy atom. The number of carbonyl (C=O) groups excluding carboxylic acids is 2. The maximum absolute atomic E-state index is 14.0. The molecule has 2 amide bonds. The number of benzene rings is 2. The fourth-order valence-corrected chi connectivity index (χ4v) is 2.70. The first-order valence-corrected chi connectivity index (χ1v) is 8.16. The monoisotopic (exact) mass is 371 g/mol. The molecular formula is C19H18FN3O4. The number of ether oxygens (including phenoxy) is 2. The molecule has 0 saturated heterocycles. The van der Waals surface area contributed by atoms with Gasteiger partial charge in [-0.15, -0.1) is 0 Å². The van der Waals surface area contributed by atoms with Gasteiger partial charge in [-0.1, -0.05) is 18.2 Å². The predicted octanol–water partition coefficient (Wildman–Crippen LogP) is 2.19. The number of guanidine groups is 1. The number of methoxy groups -OCH3 is 2. The average molecular weight is 371 g/mol. The third kappa shape index (κ3) is 4.22. The van der Waals surface area contributed by atoms with Gasteiger partial charge in [-0.2, -0.15) is 0 Å². The second kappa shape index (κ2) is 7.86. The maximum atomic E-state index is 14.0. The number of nitrogens with zero attached hydrogens (tertiary/aromatic N) is 1. The summed E-state index contributed by atoms with van der Waals surface area (Å²) in [6, 6.07) is 10.1. The van der Waals surface area contributed by atoms with Crippen LogP contribution >= 0.6 is 0 Å². The van der Waals surface area contributed by atoms with Gasteiger partial charge in [0.05, 0.1) is 26.7 Å². The summed E-state index contributed by atoms with van der Waals surface area (Å²) in [6.45, 7) is 0. The van der Waals surface area contributed by atoms with Crippen molar-refractivity contribution >= 4 is 17.8 Å². The van der Waals surface area contributed by atoms with Crippen LogP contribution in [0.15, 0.2) is 47.5 Å². The number of halogens is 1. The zero-order chi connectivity index (χ0) is 19.4. The van der Waals surface area contributed by atoms with Gasteiger partial charge in [0.1, 0.15) is 17.3 Å². The van der Waals surface area contributed by atoms with Crippen molar-refractivity contribution in [3.63, 3.8) is 0 Å². The number of rotatable bonds is 4. The van der Waals surface area contributed by atoms with Crippen LogP contribution in [0.25, 0.3) is 0 Å². The highest BCUT2D eigenvalue weighted by Crippen LogP contribution is 2.26. The van der Waals surface area contributed by atoms with E-state index in [1.165, 1.54) is 32.4 Å². The van der Waals surface area contributed by atoms with E-state index in [4.69, 9.17) is 9.47 Å². The fraction of sp³-hybridized carbons (Fsp3) is 0.211. The van der Waals surface area contributed by atoms with Crippen LogP contribution in [0.2, 0.25) is 0 Å². The summed E-state index contributed by atoms with van der Waals surface area (Å²) in [5.41, 5.74) is 0.554. The van der Waals surface area contributed by atoms with Crippen molar-refractivity contribution in [3.8, 4) is 11.5 Å². The maximum Gasteiger partial charge on any atom is 0.258 e. The Labute approximate surface area is 155 Å². The van der Waals surface area contributed by atoms with E-state index in [0.29, 0.717) is 17.1 Å². The molecule has 0 bridgehead atoms. The van der Waals surface area contributed by atoms with E-state index in [-0.39, 0.29) is 23.9 Å². The van der Waals surface area contributed by atoms with E-state index in [1.807, 2.05) is 0 Å². The van der Waals surface area contributed by atoms with Crippen LogP contribution in [-0.4, -0.2) is 32.0 Å². The smallest absolute Gasteiger partial charge is 0.258 e. The lowest BCUT2D eigenvalue weighted by atomic mass is 10.0. The van der Waals surface area contributed by atoms with Gasteiger partial charge in [0.25, 0.3) is 5.91 Å². The molecule has 0 aliphatic carbocycles. The molecule has 27 heavy (non-hydrogen) atoms. The molecule has 0 aromatic heterocycles. The highest BCUT2D eigenvalue weighted by molar-refractivity contribution is 6.10. The van der Waals surface area contributed by atoms with Gasteiger partial charge in [0.2, 0.25) is 11.9 Å². The number of hydrogen-bond donors (Lipinski definition) is 2. The minimum Gasteiger partial charge on any atom is -0.497 e. The number of hydrogen-bond acceptors (Lipinski definition) is 5. The number of carbonyl (C=O) groups is 2. The van der Waals surface area contributed by atoms with Crippen LogP contribution in [0.4, 0.5) is 4.39 Å². The molecule has 3 rings (SSSR count). The van der Waals surface area contributed by atoms with Crippen LogP contribution in [0.1, 0.15) is 28.4 Å². The van der Waals surface area contributed by atoms with E-state index in [1.54, 1.807) is 24.3 Å². The van der Waals surface area contributed by atoms with Crippen molar-refractivity contribution in [3.05, 3.63) is 59.4 Å². The van der Waals surface area contributed by atoms with E-state index in [2.05, 4.69) is 15.6 Å². The van der Waals surface area contributed by atoms with Crippen LogP contribution in [0, 0.1) is 5.82 Å². The lowest BCUT2D eigenvalue weighted by Crippen LogP contribution is -2.47. The van der Waals surface area contributed by atoms with Crippen molar-refractivity contribution in [2.75, 3.05) is 14.2 Å². The quantitative estimate of drug-likeness (QED) is 0.862. The summed E-state index contributed by atoms with van der Waals surface area (Å²) < 4.78 is 24.3. The first-order valence-electron chi connectivity index (χ1n) is 8.16. The molecular weight excluding hydrogens is 353 g/mol. The van der Waals surface area contributed by atoms with Crippen molar-refractivity contribution in [1.29, 1.82) is 0 Å². The molecule has 2 aromatic rings. The molecule has 8 heteroatoms. The zero-order valence-corrected chi connectivity index (χ0v) is 14.8. The lowest BCUT2D eigenvalue weighted by molar-refractivity contribution is -0.120. The summed E-state index contributed by atoms with van der Waals surface area (Å²) in [7, 11) is 2.95. The minimum absolute atomic E-state index is 0.00666. The van der Waals surface area contributed by atoms with Gasteiger partial charge < -0.3 is 9.47 Å².